The minimum Gasteiger partial charge on any atom is -0.373 e. The quantitative estimate of drug-likeness (QED) is 0.684. The standard InChI is InChI=1S/C12H27NO/c1-7-12(5,6)14-11(4)9-10(3)13-8-2/h10-11,13H,7-9H2,1-6H3. The first-order chi connectivity index (χ1) is 6.41. The Bertz CT molecular complexity index is 145. The normalized spacial score (nSPS) is 16.7. The number of hydrogen-bond donors (Lipinski definition) is 1. The maximum atomic E-state index is 5.96. The zero-order valence-corrected chi connectivity index (χ0v) is 10.7. The molecule has 0 aromatic heterocycles. The van der Waals surface area contributed by atoms with Crippen molar-refractivity contribution in [3.05, 3.63) is 0 Å². The van der Waals surface area contributed by atoms with Crippen molar-refractivity contribution in [3.8, 4) is 0 Å². The van der Waals surface area contributed by atoms with E-state index in [1.807, 2.05) is 0 Å². The molecule has 0 aromatic rings. The summed E-state index contributed by atoms with van der Waals surface area (Å²) < 4.78 is 5.96. The summed E-state index contributed by atoms with van der Waals surface area (Å²) in [6.07, 6.45) is 2.48. The van der Waals surface area contributed by atoms with E-state index in [1.54, 1.807) is 0 Å². The molecule has 0 aliphatic carbocycles. The van der Waals surface area contributed by atoms with Gasteiger partial charge < -0.3 is 10.1 Å². The van der Waals surface area contributed by atoms with Crippen LogP contribution in [-0.2, 0) is 4.74 Å². The van der Waals surface area contributed by atoms with Crippen molar-refractivity contribution in [2.75, 3.05) is 6.54 Å². The fourth-order valence-electron chi connectivity index (χ4n) is 1.61. The first kappa shape index (κ1) is 13.9. The molecular formula is C12H27NO. The molecule has 14 heavy (non-hydrogen) atoms. The van der Waals surface area contributed by atoms with E-state index in [9.17, 15) is 0 Å². The van der Waals surface area contributed by atoms with Gasteiger partial charge in [0.15, 0.2) is 0 Å². The molecule has 0 amide bonds. The van der Waals surface area contributed by atoms with Gasteiger partial charge in [-0.25, -0.2) is 0 Å². The van der Waals surface area contributed by atoms with Crippen LogP contribution in [0, 0.1) is 0 Å². The van der Waals surface area contributed by atoms with Crippen molar-refractivity contribution in [1.29, 1.82) is 0 Å². The van der Waals surface area contributed by atoms with Gasteiger partial charge in [-0.05, 0) is 47.1 Å². The van der Waals surface area contributed by atoms with E-state index in [-0.39, 0.29) is 5.60 Å². The van der Waals surface area contributed by atoms with Gasteiger partial charge >= 0.3 is 0 Å². The van der Waals surface area contributed by atoms with Crippen LogP contribution in [0.25, 0.3) is 0 Å². The van der Waals surface area contributed by atoms with Crippen LogP contribution < -0.4 is 5.32 Å². The second kappa shape index (κ2) is 6.41. The lowest BCUT2D eigenvalue weighted by atomic mass is 10.1. The summed E-state index contributed by atoms with van der Waals surface area (Å²) >= 11 is 0. The Balaban J connectivity index is 3.79. The zero-order chi connectivity index (χ0) is 11.2. The third kappa shape index (κ3) is 6.39. The maximum absolute atomic E-state index is 5.96. The Morgan fingerprint density at radius 1 is 1.21 bits per heavy atom. The van der Waals surface area contributed by atoms with Crippen molar-refractivity contribution < 1.29 is 4.74 Å². The Hall–Kier alpha value is -0.0800. The molecule has 0 saturated carbocycles. The lowest BCUT2D eigenvalue weighted by Crippen LogP contribution is -2.34. The molecule has 0 saturated heterocycles. The molecule has 2 heteroatoms. The second-order valence-corrected chi connectivity index (χ2v) is 4.74. The van der Waals surface area contributed by atoms with E-state index in [0.29, 0.717) is 12.1 Å². The summed E-state index contributed by atoms with van der Waals surface area (Å²) in [6.45, 7) is 14.0. The van der Waals surface area contributed by atoms with Gasteiger partial charge in [0.2, 0.25) is 0 Å². The first-order valence-corrected chi connectivity index (χ1v) is 5.82. The molecule has 0 aliphatic rings. The van der Waals surface area contributed by atoms with Crippen molar-refractivity contribution in [2.45, 2.75) is 72.1 Å². The van der Waals surface area contributed by atoms with E-state index < -0.39 is 0 Å². The molecule has 0 aliphatic heterocycles. The van der Waals surface area contributed by atoms with Crippen LogP contribution in [0.1, 0.15) is 54.4 Å². The molecular weight excluding hydrogens is 174 g/mol. The average molecular weight is 201 g/mol. The van der Waals surface area contributed by atoms with E-state index in [2.05, 4.69) is 46.9 Å². The third-order valence-corrected chi connectivity index (χ3v) is 2.61. The van der Waals surface area contributed by atoms with Gasteiger partial charge in [-0.2, -0.15) is 0 Å². The fourth-order valence-corrected chi connectivity index (χ4v) is 1.61. The van der Waals surface area contributed by atoms with Crippen LogP contribution in [-0.4, -0.2) is 24.3 Å². The first-order valence-electron chi connectivity index (χ1n) is 5.82. The van der Waals surface area contributed by atoms with Gasteiger partial charge in [0.25, 0.3) is 0 Å². The lowest BCUT2D eigenvalue weighted by molar-refractivity contribution is -0.0706. The molecule has 0 bridgehead atoms. The van der Waals surface area contributed by atoms with Crippen LogP contribution in [0.15, 0.2) is 0 Å². The van der Waals surface area contributed by atoms with Crippen LogP contribution in [0.4, 0.5) is 0 Å². The van der Waals surface area contributed by atoms with Crippen molar-refractivity contribution in [2.24, 2.45) is 0 Å². The SMILES string of the molecule is CCNC(C)CC(C)OC(C)(C)CC. The summed E-state index contributed by atoms with van der Waals surface area (Å²) in [5.74, 6) is 0. The summed E-state index contributed by atoms with van der Waals surface area (Å²) in [5, 5.41) is 3.40. The van der Waals surface area contributed by atoms with Gasteiger partial charge in [-0.3, -0.25) is 0 Å². The summed E-state index contributed by atoms with van der Waals surface area (Å²) in [4.78, 5) is 0. The highest BCUT2D eigenvalue weighted by molar-refractivity contribution is 4.71. The van der Waals surface area contributed by atoms with Crippen LogP contribution in [0.2, 0.25) is 0 Å². The predicted molar refractivity (Wildman–Crippen MR) is 62.7 cm³/mol. The molecule has 0 fully saturated rings. The highest BCUT2D eigenvalue weighted by Gasteiger charge is 2.19. The minimum absolute atomic E-state index is 0.0192. The van der Waals surface area contributed by atoms with Gasteiger partial charge in [-0.15, -0.1) is 0 Å². The number of rotatable bonds is 7. The number of ether oxygens (including phenoxy) is 1. The molecule has 2 atom stereocenters. The van der Waals surface area contributed by atoms with Crippen molar-refractivity contribution in [1.82, 2.24) is 5.32 Å². The van der Waals surface area contributed by atoms with E-state index >= 15 is 0 Å². The molecule has 1 N–H and O–H groups in total. The fraction of sp³-hybridized carbons (Fsp3) is 1.00. The number of nitrogens with one attached hydrogen (secondary N) is 1. The number of hydrogen-bond acceptors (Lipinski definition) is 2. The summed E-state index contributed by atoms with van der Waals surface area (Å²) in [6, 6.07) is 0.544. The van der Waals surface area contributed by atoms with E-state index in [0.717, 1.165) is 19.4 Å². The zero-order valence-electron chi connectivity index (χ0n) is 10.7. The van der Waals surface area contributed by atoms with Gasteiger partial charge in [-0.1, -0.05) is 13.8 Å². The van der Waals surface area contributed by atoms with Crippen molar-refractivity contribution in [3.63, 3.8) is 0 Å². The molecule has 0 radical (unpaired) electrons. The lowest BCUT2D eigenvalue weighted by Gasteiger charge is -2.29. The Morgan fingerprint density at radius 3 is 2.21 bits per heavy atom. The Kier molecular flexibility index (Phi) is 6.38. The predicted octanol–water partition coefficient (Wildman–Crippen LogP) is 2.97. The van der Waals surface area contributed by atoms with E-state index in [1.165, 1.54) is 0 Å². The second-order valence-electron chi connectivity index (χ2n) is 4.74. The van der Waals surface area contributed by atoms with Crippen LogP contribution >= 0.6 is 0 Å². The monoisotopic (exact) mass is 201 g/mol. The van der Waals surface area contributed by atoms with Crippen LogP contribution in [0.5, 0.6) is 0 Å². The Labute approximate surface area is 89.4 Å². The molecule has 2 unspecified atom stereocenters. The smallest absolute Gasteiger partial charge is 0.0627 e. The molecule has 2 nitrogen and oxygen atoms in total. The molecule has 86 valence electrons. The van der Waals surface area contributed by atoms with Crippen LogP contribution in [0.3, 0.4) is 0 Å². The molecule has 0 rings (SSSR count). The Morgan fingerprint density at radius 2 is 1.79 bits per heavy atom. The minimum atomic E-state index is 0.0192. The average Bonchev–Trinajstić information content (AvgIpc) is 2.03. The summed E-state index contributed by atoms with van der Waals surface area (Å²) in [7, 11) is 0. The van der Waals surface area contributed by atoms with Gasteiger partial charge in [0.1, 0.15) is 0 Å². The van der Waals surface area contributed by atoms with Crippen molar-refractivity contribution >= 4 is 0 Å². The van der Waals surface area contributed by atoms with E-state index in [4.69, 9.17) is 4.74 Å². The molecule has 0 spiro atoms. The topological polar surface area (TPSA) is 21.3 Å². The maximum Gasteiger partial charge on any atom is 0.0627 e. The van der Waals surface area contributed by atoms with Gasteiger partial charge in [0, 0.05) is 6.04 Å². The largest absolute Gasteiger partial charge is 0.373 e. The highest BCUT2D eigenvalue weighted by atomic mass is 16.5. The van der Waals surface area contributed by atoms with Gasteiger partial charge in [0.05, 0.1) is 11.7 Å². The third-order valence-electron chi connectivity index (χ3n) is 2.61. The molecule has 0 aromatic carbocycles. The molecule has 0 heterocycles. The summed E-state index contributed by atoms with van der Waals surface area (Å²) in [5.41, 5.74) is 0.0192. The highest BCUT2D eigenvalue weighted by Crippen LogP contribution is 2.18.